The number of halogens is 1. The van der Waals surface area contributed by atoms with Crippen LogP contribution in [-0.2, 0) is 4.79 Å². The number of hydrogen-bond acceptors (Lipinski definition) is 5. The van der Waals surface area contributed by atoms with Gasteiger partial charge in [0.15, 0.2) is 5.16 Å². The van der Waals surface area contributed by atoms with E-state index >= 15 is 0 Å². The van der Waals surface area contributed by atoms with Crippen molar-refractivity contribution in [3.63, 3.8) is 0 Å². The van der Waals surface area contributed by atoms with Crippen molar-refractivity contribution >= 4 is 35.0 Å². The highest BCUT2D eigenvalue weighted by Gasteiger charge is 2.13. The van der Waals surface area contributed by atoms with Gasteiger partial charge in [0.1, 0.15) is 12.1 Å². The Morgan fingerprint density at radius 1 is 1.48 bits per heavy atom. The molecule has 0 radical (unpaired) electrons. The Kier molecular flexibility index (Phi) is 5.90. The van der Waals surface area contributed by atoms with E-state index in [-0.39, 0.29) is 17.7 Å². The highest BCUT2D eigenvalue weighted by Crippen LogP contribution is 2.31. The Morgan fingerprint density at radius 2 is 2.22 bits per heavy atom. The van der Waals surface area contributed by atoms with Gasteiger partial charge in [-0.15, -0.1) is 10.2 Å². The first-order valence-corrected chi connectivity index (χ1v) is 8.45. The first-order valence-electron chi connectivity index (χ1n) is 7.08. The molecule has 0 bridgehead atoms. The molecule has 1 amide bonds. The summed E-state index contributed by atoms with van der Waals surface area (Å²) in [6.45, 7) is 5.95. The number of amides is 1. The van der Waals surface area contributed by atoms with Gasteiger partial charge in [0.2, 0.25) is 5.91 Å². The number of aryl methyl sites for hydroxylation is 1. The molecule has 1 heterocycles. The van der Waals surface area contributed by atoms with Crippen LogP contribution < -0.4 is 10.1 Å². The normalized spacial score (nSPS) is 10.9. The number of carbonyl (C=O) groups is 1. The Bertz CT molecular complexity index is 703. The summed E-state index contributed by atoms with van der Waals surface area (Å²) >= 11 is 7.40. The predicted octanol–water partition coefficient (Wildman–Crippen LogP) is 3.56. The minimum atomic E-state index is -0.145. The molecule has 1 aromatic heterocycles. The lowest BCUT2D eigenvalue weighted by molar-refractivity contribution is -0.113. The molecule has 2 aromatic rings. The molecule has 0 fully saturated rings. The average Bonchev–Trinajstić information content (AvgIpc) is 2.97. The van der Waals surface area contributed by atoms with Gasteiger partial charge >= 0.3 is 0 Å². The molecular formula is C15H19ClN4O2S. The minimum Gasteiger partial charge on any atom is -0.495 e. The van der Waals surface area contributed by atoms with E-state index in [1.54, 1.807) is 18.5 Å². The van der Waals surface area contributed by atoms with E-state index in [9.17, 15) is 4.79 Å². The summed E-state index contributed by atoms with van der Waals surface area (Å²) in [4.78, 5) is 12.2. The molecule has 0 saturated carbocycles. The van der Waals surface area contributed by atoms with Crippen molar-refractivity contribution in [1.82, 2.24) is 14.8 Å². The van der Waals surface area contributed by atoms with Crippen LogP contribution in [0.25, 0.3) is 0 Å². The third-order valence-corrected chi connectivity index (χ3v) is 4.55. The van der Waals surface area contributed by atoms with Crippen LogP contribution in [-0.4, -0.2) is 33.5 Å². The van der Waals surface area contributed by atoms with Crippen LogP contribution in [0.1, 0.15) is 25.5 Å². The van der Waals surface area contributed by atoms with E-state index in [2.05, 4.69) is 15.5 Å². The van der Waals surface area contributed by atoms with Gasteiger partial charge in [-0.1, -0.05) is 23.4 Å². The fraction of sp³-hybridized carbons (Fsp3) is 0.400. The minimum absolute atomic E-state index is 0.145. The molecule has 1 N–H and O–H groups in total. The van der Waals surface area contributed by atoms with Crippen molar-refractivity contribution in [1.29, 1.82) is 0 Å². The van der Waals surface area contributed by atoms with Crippen molar-refractivity contribution in [3.8, 4) is 5.75 Å². The highest BCUT2D eigenvalue weighted by molar-refractivity contribution is 7.99. The number of aromatic nitrogens is 3. The number of nitrogens with zero attached hydrogens (tertiary/aromatic N) is 3. The number of ether oxygens (including phenoxy) is 1. The molecule has 2 rings (SSSR count). The summed E-state index contributed by atoms with van der Waals surface area (Å²) in [5, 5.41) is 12.1. The van der Waals surface area contributed by atoms with Crippen molar-refractivity contribution in [3.05, 3.63) is 29.0 Å². The molecular weight excluding hydrogens is 336 g/mol. The maximum atomic E-state index is 12.2. The smallest absolute Gasteiger partial charge is 0.234 e. The van der Waals surface area contributed by atoms with Gasteiger partial charge in [-0.2, -0.15) is 0 Å². The van der Waals surface area contributed by atoms with Crippen molar-refractivity contribution in [2.75, 3.05) is 18.2 Å². The molecule has 8 heteroatoms. The SMILES string of the molecule is COc1cc(Cl)c(C)cc1NC(=O)CSc1nncn1C(C)C. The van der Waals surface area contributed by atoms with Crippen LogP contribution in [0.15, 0.2) is 23.6 Å². The van der Waals surface area contributed by atoms with Gasteiger partial charge in [0.05, 0.1) is 18.6 Å². The largest absolute Gasteiger partial charge is 0.495 e. The van der Waals surface area contributed by atoms with Gasteiger partial charge in [0.25, 0.3) is 0 Å². The Balaban J connectivity index is 2.03. The van der Waals surface area contributed by atoms with E-state index in [0.717, 1.165) is 10.7 Å². The molecule has 0 saturated heterocycles. The van der Waals surface area contributed by atoms with Gasteiger partial charge in [0, 0.05) is 17.1 Å². The first kappa shape index (κ1) is 17.6. The Morgan fingerprint density at radius 3 is 2.87 bits per heavy atom. The topological polar surface area (TPSA) is 69.0 Å². The quantitative estimate of drug-likeness (QED) is 0.803. The summed E-state index contributed by atoms with van der Waals surface area (Å²) in [6.07, 6.45) is 1.66. The lowest BCUT2D eigenvalue weighted by Crippen LogP contribution is -2.15. The molecule has 6 nitrogen and oxygen atoms in total. The Labute approximate surface area is 144 Å². The molecule has 0 aliphatic carbocycles. The number of nitrogens with one attached hydrogen (secondary N) is 1. The van der Waals surface area contributed by atoms with Gasteiger partial charge in [-0.05, 0) is 32.4 Å². The third-order valence-electron chi connectivity index (χ3n) is 3.18. The number of thioether (sulfide) groups is 1. The second kappa shape index (κ2) is 7.70. The van der Waals surface area contributed by atoms with Crippen LogP contribution in [0.4, 0.5) is 5.69 Å². The van der Waals surface area contributed by atoms with Gasteiger partial charge < -0.3 is 14.6 Å². The van der Waals surface area contributed by atoms with E-state index < -0.39 is 0 Å². The summed E-state index contributed by atoms with van der Waals surface area (Å²) in [6, 6.07) is 3.73. The van der Waals surface area contributed by atoms with E-state index in [0.29, 0.717) is 16.5 Å². The van der Waals surface area contributed by atoms with E-state index in [1.165, 1.54) is 18.9 Å². The van der Waals surface area contributed by atoms with Crippen LogP contribution >= 0.6 is 23.4 Å². The number of benzene rings is 1. The lowest BCUT2D eigenvalue weighted by atomic mass is 10.2. The third kappa shape index (κ3) is 4.39. The predicted molar refractivity (Wildman–Crippen MR) is 92.5 cm³/mol. The fourth-order valence-corrected chi connectivity index (χ4v) is 2.93. The maximum Gasteiger partial charge on any atom is 0.234 e. The average molecular weight is 355 g/mol. The van der Waals surface area contributed by atoms with E-state index in [4.69, 9.17) is 16.3 Å². The maximum absolute atomic E-state index is 12.2. The molecule has 124 valence electrons. The molecule has 0 unspecified atom stereocenters. The summed E-state index contributed by atoms with van der Waals surface area (Å²) in [5.74, 6) is 0.619. The summed E-state index contributed by atoms with van der Waals surface area (Å²) < 4.78 is 7.17. The molecule has 1 aromatic carbocycles. The van der Waals surface area contributed by atoms with Crippen LogP contribution in [0.5, 0.6) is 5.75 Å². The lowest BCUT2D eigenvalue weighted by Gasteiger charge is -2.12. The summed E-state index contributed by atoms with van der Waals surface area (Å²) in [7, 11) is 1.54. The summed E-state index contributed by atoms with van der Waals surface area (Å²) in [5.41, 5.74) is 1.47. The molecule has 0 aliphatic heterocycles. The standard InChI is InChI=1S/C15H19ClN4O2S/c1-9(2)20-8-17-19-15(20)23-7-14(21)18-12-5-10(3)11(16)6-13(12)22-4/h5-6,8-9H,7H2,1-4H3,(H,18,21). The van der Waals surface area contributed by atoms with Crippen molar-refractivity contribution < 1.29 is 9.53 Å². The number of rotatable bonds is 6. The number of methoxy groups -OCH3 is 1. The van der Waals surface area contributed by atoms with Gasteiger partial charge in [-0.3, -0.25) is 4.79 Å². The second-order valence-electron chi connectivity index (χ2n) is 5.25. The first-order chi connectivity index (χ1) is 10.9. The van der Waals surface area contributed by atoms with Crippen LogP contribution in [0, 0.1) is 6.92 Å². The zero-order valence-electron chi connectivity index (χ0n) is 13.5. The Hall–Kier alpha value is -1.73. The second-order valence-corrected chi connectivity index (χ2v) is 6.60. The van der Waals surface area contributed by atoms with Crippen LogP contribution in [0.3, 0.4) is 0 Å². The van der Waals surface area contributed by atoms with E-state index in [1.807, 2.05) is 25.3 Å². The zero-order valence-corrected chi connectivity index (χ0v) is 15.0. The zero-order chi connectivity index (χ0) is 17.0. The number of anilines is 1. The van der Waals surface area contributed by atoms with Crippen LogP contribution in [0.2, 0.25) is 5.02 Å². The monoisotopic (exact) mass is 354 g/mol. The number of hydrogen-bond donors (Lipinski definition) is 1. The molecule has 23 heavy (non-hydrogen) atoms. The van der Waals surface area contributed by atoms with Gasteiger partial charge in [-0.25, -0.2) is 0 Å². The highest BCUT2D eigenvalue weighted by atomic mass is 35.5. The fourth-order valence-electron chi connectivity index (χ4n) is 1.94. The molecule has 0 atom stereocenters. The number of carbonyl (C=O) groups excluding carboxylic acids is 1. The van der Waals surface area contributed by atoms with Crippen molar-refractivity contribution in [2.24, 2.45) is 0 Å². The van der Waals surface area contributed by atoms with Crippen molar-refractivity contribution in [2.45, 2.75) is 32.0 Å². The molecule has 0 aliphatic rings. The molecule has 0 spiro atoms.